The molecular weight excluding hydrogens is 256 g/mol. The van der Waals surface area contributed by atoms with Crippen LogP contribution in [0.2, 0.25) is 5.02 Å². The van der Waals surface area contributed by atoms with Crippen LogP contribution in [-0.2, 0) is 0 Å². The van der Waals surface area contributed by atoms with Crippen molar-refractivity contribution < 1.29 is 0 Å². The number of nitrogens with zero attached hydrogens (tertiary/aromatic N) is 1. The molecule has 1 aromatic heterocycles. The van der Waals surface area contributed by atoms with Crippen LogP contribution in [0.1, 0.15) is 25.7 Å². The summed E-state index contributed by atoms with van der Waals surface area (Å²) < 4.78 is 0. The SMILES string of the molecule is Clc1cc(NC2CC3CCC2C3)c2ncccc2c1. The Morgan fingerprint density at radius 2 is 2.16 bits per heavy atom. The molecule has 2 bridgehead atoms. The second-order valence-electron chi connectivity index (χ2n) is 5.95. The molecule has 19 heavy (non-hydrogen) atoms. The normalized spacial score (nSPS) is 29.0. The number of anilines is 1. The highest BCUT2D eigenvalue weighted by Gasteiger charge is 2.39. The molecule has 1 N–H and O–H groups in total. The first-order valence-electron chi connectivity index (χ1n) is 7.10. The predicted octanol–water partition coefficient (Wildman–Crippen LogP) is 4.49. The van der Waals surface area contributed by atoms with Crippen LogP contribution in [0.25, 0.3) is 10.9 Å². The third-order valence-electron chi connectivity index (χ3n) is 4.75. The molecule has 0 amide bonds. The zero-order chi connectivity index (χ0) is 12.8. The number of rotatable bonds is 2. The summed E-state index contributed by atoms with van der Waals surface area (Å²) in [4.78, 5) is 4.51. The van der Waals surface area contributed by atoms with Gasteiger partial charge in [-0.1, -0.05) is 24.1 Å². The summed E-state index contributed by atoms with van der Waals surface area (Å²) in [6.45, 7) is 0. The summed E-state index contributed by atoms with van der Waals surface area (Å²) in [6.07, 6.45) is 7.38. The lowest BCUT2D eigenvalue weighted by molar-refractivity contribution is 0.440. The fraction of sp³-hybridized carbons (Fsp3) is 0.438. The van der Waals surface area contributed by atoms with E-state index >= 15 is 0 Å². The molecule has 2 fully saturated rings. The van der Waals surface area contributed by atoms with E-state index in [1.165, 1.54) is 25.7 Å². The molecule has 0 spiro atoms. The zero-order valence-electron chi connectivity index (χ0n) is 10.8. The first-order valence-corrected chi connectivity index (χ1v) is 7.48. The van der Waals surface area contributed by atoms with Gasteiger partial charge in [0.15, 0.2) is 0 Å². The van der Waals surface area contributed by atoms with E-state index in [9.17, 15) is 0 Å². The minimum absolute atomic E-state index is 0.613. The quantitative estimate of drug-likeness (QED) is 0.871. The van der Waals surface area contributed by atoms with Gasteiger partial charge in [-0.05, 0) is 49.3 Å². The van der Waals surface area contributed by atoms with Gasteiger partial charge in [0, 0.05) is 22.6 Å². The van der Waals surface area contributed by atoms with Gasteiger partial charge in [0.25, 0.3) is 0 Å². The van der Waals surface area contributed by atoms with Crippen LogP contribution in [-0.4, -0.2) is 11.0 Å². The van der Waals surface area contributed by atoms with Crippen molar-refractivity contribution in [3.05, 3.63) is 35.5 Å². The van der Waals surface area contributed by atoms with Crippen LogP contribution in [0.5, 0.6) is 0 Å². The van der Waals surface area contributed by atoms with Gasteiger partial charge >= 0.3 is 0 Å². The molecule has 2 nitrogen and oxygen atoms in total. The molecule has 2 aromatic rings. The molecule has 2 aliphatic carbocycles. The monoisotopic (exact) mass is 272 g/mol. The summed E-state index contributed by atoms with van der Waals surface area (Å²) in [6, 6.07) is 8.64. The molecule has 3 atom stereocenters. The molecule has 0 radical (unpaired) electrons. The third-order valence-corrected chi connectivity index (χ3v) is 4.97. The summed E-state index contributed by atoms with van der Waals surface area (Å²) in [5.41, 5.74) is 2.13. The van der Waals surface area contributed by atoms with Crippen LogP contribution >= 0.6 is 11.6 Å². The van der Waals surface area contributed by atoms with Gasteiger partial charge in [0.1, 0.15) is 0 Å². The van der Waals surface area contributed by atoms with Crippen molar-refractivity contribution in [1.82, 2.24) is 4.98 Å². The fourth-order valence-corrected chi connectivity index (χ4v) is 4.11. The summed E-state index contributed by atoms with van der Waals surface area (Å²) in [7, 11) is 0. The van der Waals surface area contributed by atoms with Crippen molar-refractivity contribution in [1.29, 1.82) is 0 Å². The van der Waals surface area contributed by atoms with Crippen LogP contribution in [0.3, 0.4) is 0 Å². The second kappa shape index (κ2) is 4.38. The largest absolute Gasteiger partial charge is 0.380 e. The Balaban J connectivity index is 1.70. The Morgan fingerprint density at radius 1 is 1.21 bits per heavy atom. The van der Waals surface area contributed by atoms with Gasteiger partial charge in [-0.25, -0.2) is 0 Å². The fourth-order valence-electron chi connectivity index (χ4n) is 3.89. The average molecular weight is 273 g/mol. The topological polar surface area (TPSA) is 24.9 Å². The van der Waals surface area contributed by atoms with E-state index in [1.807, 2.05) is 24.4 Å². The van der Waals surface area contributed by atoms with Gasteiger partial charge in [-0.2, -0.15) is 0 Å². The number of hydrogen-bond acceptors (Lipinski definition) is 2. The molecule has 3 heteroatoms. The van der Waals surface area contributed by atoms with Crippen LogP contribution in [0.4, 0.5) is 5.69 Å². The van der Waals surface area contributed by atoms with E-state index in [-0.39, 0.29) is 0 Å². The van der Waals surface area contributed by atoms with Crippen LogP contribution in [0.15, 0.2) is 30.5 Å². The lowest BCUT2D eigenvalue weighted by Crippen LogP contribution is -2.26. The van der Waals surface area contributed by atoms with E-state index in [4.69, 9.17) is 11.6 Å². The second-order valence-corrected chi connectivity index (χ2v) is 6.39. The number of halogens is 1. The molecule has 4 rings (SSSR count). The summed E-state index contributed by atoms with van der Waals surface area (Å²) in [5.74, 6) is 1.80. The summed E-state index contributed by atoms with van der Waals surface area (Å²) in [5, 5.41) is 5.60. The zero-order valence-corrected chi connectivity index (χ0v) is 11.5. The first kappa shape index (κ1) is 11.5. The molecule has 0 saturated heterocycles. The number of hydrogen-bond donors (Lipinski definition) is 1. The maximum Gasteiger partial charge on any atom is 0.0934 e. The first-order chi connectivity index (χ1) is 9.29. The van der Waals surface area contributed by atoms with E-state index in [0.717, 1.165) is 33.4 Å². The molecule has 2 aliphatic rings. The molecule has 1 heterocycles. The minimum atomic E-state index is 0.613. The number of pyridine rings is 1. The van der Waals surface area contributed by atoms with Crippen molar-refractivity contribution in [2.24, 2.45) is 11.8 Å². The number of nitrogens with one attached hydrogen (secondary N) is 1. The van der Waals surface area contributed by atoms with Crippen LogP contribution < -0.4 is 5.32 Å². The van der Waals surface area contributed by atoms with Crippen molar-refractivity contribution in [2.75, 3.05) is 5.32 Å². The highest BCUT2D eigenvalue weighted by atomic mass is 35.5. The number of fused-ring (bicyclic) bond motifs is 3. The van der Waals surface area contributed by atoms with Gasteiger partial charge < -0.3 is 5.32 Å². The van der Waals surface area contributed by atoms with Crippen molar-refractivity contribution >= 4 is 28.2 Å². The number of benzene rings is 1. The van der Waals surface area contributed by atoms with Crippen molar-refractivity contribution in [3.8, 4) is 0 Å². The van der Waals surface area contributed by atoms with E-state index < -0.39 is 0 Å². The highest BCUT2D eigenvalue weighted by Crippen LogP contribution is 2.46. The Labute approximate surface area is 118 Å². The Morgan fingerprint density at radius 3 is 2.95 bits per heavy atom. The van der Waals surface area contributed by atoms with Gasteiger partial charge in [-0.3, -0.25) is 4.98 Å². The predicted molar refractivity (Wildman–Crippen MR) is 79.6 cm³/mol. The maximum absolute atomic E-state index is 6.22. The maximum atomic E-state index is 6.22. The Bertz CT molecular complexity index is 625. The minimum Gasteiger partial charge on any atom is -0.380 e. The lowest BCUT2D eigenvalue weighted by Gasteiger charge is -2.24. The number of aromatic nitrogens is 1. The van der Waals surface area contributed by atoms with Crippen molar-refractivity contribution in [2.45, 2.75) is 31.7 Å². The Kier molecular flexibility index (Phi) is 2.66. The molecule has 3 unspecified atom stereocenters. The van der Waals surface area contributed by atoms with E-state index in [2.05, 4.69) is 16.4 Å². The molecule has 1 aromatic carbocycles. The Hall–Kier alpha value is -1.28. The molecule has 2 saturated carbocycles. The smallest absolute Gasteiger partial charge is 0.0934 e. The van der Waals surface area contributed by atoms with Gasteiger partial charge in [0.05, 0.1) is 11.2 Å². The highest BCUT2D eigenvalue weighted by molar-refractivity contribution is 6.31. The standard InChI is InChI=1S/C16H17ClN2/c17-13-8-12-2-1-5-18-16(12)15(9-13)19-14-7-10-3-4-11(14)6-10/h1-2,5,8-11,14,19H,3-4,6-7H2. The summed E-state index contributed by atoms with van der Waals surface area (Å²) >= 11 is 6.22. The molecule has 98 valence electrons. The van der Waals surface area contributed by atoms with E-state index in [1.54, 1.807) is 0 Å². The van der Waals surface area contributed by atoms with Gasteiger partial charge in [-0.15, -0.1) is 0 Å². The average Bonchev–Trinajstić information content (AvgIpc) is 3.01. The van der Waals surface area contributed by atoms with E-state index in [0.29, 0.717) is 6.04 Å². The van der Waals surface area contributed by atoms with Crippen molar-refractivity contribution in [3.63, 3.8) is 0 Å². The van der Waals surface area contributed by atoms with Gasteiger partial charge in [0.2, 0.25) is 0 Å². The lowest BCUT2D eigenvalue weighted by atomic mass is 9.95. The third kappa shape index (κ3) is 1.99. The van der Waals surface area contributed by atoms with Crippen LogP contribution in [0, 0.1) is 11.8 Å². The molecular formula is C16H17ClN2. The molecule has 0 aliphatic heterocycles.